The third-order valence-corrected chi connectivity index (χ3v) is 4.90. The van der Waals surface area contributed by atoms with Crippen LogP contribution in [0.4, 0.5) is 0 Å². The van der Waals surface area contributed by atoms with Gasteiger partial charge in [0, 0.05) is 0 Å². The summed E-state index contributed by atoms with van der Waals surface area (Å²) in [6.07, 6.45) is 0.137. The van der Waals surface area contributed by atoms with E-state index in [9.17, 15) is 0 Å². The number of hydrogen-bond donors (Lipinski definition) is 0. The predicted octanol–water partition coefficient (Wildman–Crippen LogP) is 1.57. The molecule has 86 valence electrons. The van der Waals surface area contributed by atoms with Crippen LogP contribution in [0.15, 0.2) is 35.5 Å². The standard InChI is InChI=1S/C12H15NO2Se/c1-9(12-8-14-13-10(2)15-12)16-11-6-4-3-5-7-11/h3-7,9,12H,8H2,1-2H3. The minimum absolute atomic E-state index is 0.137. The molecular weight excluding hydrogens is 269 g/mol. The van der Waals surface area contributed by atoms with E-state index in [1.54, 1.807) is 0 Å². The first-order valence-corrected chi connectivity index (χ1v) is 7.15. The molecule has 0 aromatic heterocycles. The van der Waals surface area contributed by atoms with Gasteiger partial charge in [-0.2, -0.15) is 0 Å². The van der Waals surface area contributed by atoms with Gasteiger partial charge in [0.05, 0.1) is 0 Å². The van der Waals surface area contributed by atoms with Crippen LogP contribution in [-0.4, -0.2) is 33.6 Å². The fourth-order valence-corrected chi connectivity index (χ4v) is 3.66. The predicted molar refractivity (Wildman–Crippen MR) is 65.2 cm³/mol. The zero-order valence-corrected chi connectivity index (χ0v) is 11.1. The van der Waals surface area contributed by atoms with E-state index in [1.807, 2.05) is 13.0 Å². The van der Waals surface area contributed by atoms with Gasteiger partial charge >= 0.3 is 102 Å². The summed E-state index contributed by atoms with van der Waals surface area (Å²) in [5.74, 6) is 0.631. The second kappa shape index (κ2) is 5.37. The van der Waals surface area contributed by atoms with E-state index in [1.165, 1.54) is 4.46 Å². The summed E-state index contributed by atoms with van der Waals surface area (Å²) >= 11 is 0.410. The first kappa shape index (κ1) is 11.5. The topological polar surface area (TPSA) is 30.8 Å². The van der Waals surface area contributed by atoms with Crippen molar-refractivity contribution in [2.75, 3.05) is 6.61 Å². The Bertz CT molecular complexity index is 367. The molecule has 0 N–H and O–H groups in total. The van der Waals surface area contributed by atoms with Crippen molar-refractivity contribution in [1.29, 1.82) is 0 Å². The van der Waals surface area contributed by atoms with Crippen LogP contribution in [0.2, 0.25) is 4.82 Å². The summed E-state index contributed by atoms with van der Waals surface area (Å²) in [5.41, 5.74) is 0. The SMILES string of the molecule is CC1=NOCC(C(C)[Se]c2ccccc2)O1. The fraction of sp³-hybridized carbons (Fsp3) is 0.417. The molecule has 1 aliphatic rings. The number of rotatable bonds is 3. The molecule has 0 fully saturated rings. The van der Waals surface area contributed by atoms with Crippen molar-refractivity contribution in [2.45, 2.75) is 24.8 Å². The van der Waals surface area contributed by atoms with Crippen molar-refractivity contribution < 1.29 is 9.57 Å². The second-order valence-corrected chi connectivity index (χ2v) is 6.74. The van der Waals surface area contributed by atoms with E-state index in [4.69, 9.17) is 9.57 Å². The summed E-state index contributed by atoms with van der Waals surface area (Å²) in [6.45, 7) is 4.60. The molecule has 0 spiro atoms. The third-order valence-electron chi connectivity index (χ3n) is 2.34. The Morgan fingerprint density at radius 1 is 1.38 bits per heavy atom. The molecule has 1 heterocycles. The quantitative estimate of drug-likeness (QED) is 0.789. The van der Waals surface area contributed by atoms with Gasteiger partial charge in [-0.15, -0.1) is 0 Å². The van der Waals surface area contributed by atoms with Crippen LogP contribution in [0.5, 0.6) is 0 Å². The minimum atomic E-state index is 0.137. The third kappa shape index (κ3) is 3.00. The Morgan fingerprint density at radius 2 is 2.12 bits per heavy atom. The Balaban J connectivity index is 1.93. The van der Waals surface area contributed by atoms with Crippen molar-refractivity contribution in [1.82, 2.24) is 0 Å². The van der Waals surface area contributed by atoms with Gasteiger partial charge in [0.1, 0.15) is 0 Å². The molecule has 16 heavy (non-hydrogen) atoms. The normalized spacial score (nSPS) is 21.6. The average Bonchev–Trinajstić information content (AvgIpc) is 2.30. The molecule has 4 heteroatoms. The molecule has 0 amide bonds. The zero-order chi connectivity index (χ0) is 11.4. The summed E-state index contributed by atoms with van der Waals surface area (Å²) < 4.78 is 7.06. The molecule has 1 aromatic carbocycles. The van der Waals surface area contributed by atoms with E-state index in [0.717, 1.165) is 0 Å². The number of ether oxygens (including phenoxy) is 1. The van der Waals surface area contributed by atoms with E-state index in [-0.39, 0.29) is 6.10 Å². The Labute approximate surface area is 102 Å². The van der Waals surface area contributed by atoms with Crippen LogP contribution >= 0.6 is 0 Å². The Kier molecular flexibility index (Phi) is 3.86. The average molecular weight is 284 g/mol. The number of nitrogens with zero attached hydrogens (tertiary/aromatic N) is 1. The van der Waals surface area contributed by atoms with Gasteiger partial charge in [-0.1, -0.05) is 0 Å². The van der Waals surface area contributed by atoms with Crippen LogP contribution in [0, 0.1) is 0 Å². The van der Waals surface area contributed by atoms with Crippen LogP contribution in [-0.2, 0) is 9.57 Å². The van der Waals surface area contributed by atoms with Crippen molar-refractivity contribution >= 4 is 25.3 Å². The van der Waals surface area contributed by atoms with Crippen LogP contribution in [0.1, 0.15) is 13.8 Å². The van der Waals surface area contributed by atoms with Crippen molar-refractivity contribution in [3.8, 4) is 0 Å². The van der Waals surface area contributed by atoms with Gasteiger partial charge in [-0.3, -0.25) is 0 Å². The van der Waals surface area contributed by atoms with E-state index < -0.39 is 0 Å². The molecule has 2 rings (SSSR count). The molecule has 1 aromatic rings. The van der Waals surface area contributed by atoms with Crippen molar-refractivity contribution in [3.05, 3.63) is 30.3 Å². The number of oxime groups is 1. The maximum atomic E-state index is 5.66. The molecule has 0 bridgehead atoms. The van der Waals surface area contributed by atoms with Crippen LogP contribution < -0.4 is 4.46 Å². The molecule has 3 nitrogen and oxygen atoms in total. The van der Waals surface area contributed by atoms with Crippen LogP contribution in [0.3, 0.4) is 0 Å². The number of benzene rings is 1. The van der Waals surface area contributed by atoms with Gasteiger partial charge in [0.25, 0.3) is 0 Å². The molecule has 0 saturated heterocycles. The summed E-state index contributed by atoms with van der Waals surface area (Å²) in [5, 5.41) is 3.77. The molecular formula is C12H15NO2Se. The summed E-state index contributed by atoms with van der Waals surface area (Å²) in [7, 11) is 0. The first-order chi connectivity index (χ1) is 7.75. The van der Waals surface area contributed by atoms with E-state index >= 15 is 0 Å². The second-order valence-electron chi connectivity index (χ2n) is 3.70. The first-order valence-electron chi connectivity index (χ1n) is 5.30. The van der Waals surface area contributed by atoms with E-state index in [2.05, 4.69) is 36.3 Å². The molecule has 1 aliphatic heterocycles. The molecule has 0 saturated carbocycles. The van der Waals surface area contributed by atoms with Crippen LogP contribution in [0.25, 0.3) is 0 Å². The summed E-state index contributed by atoms with van der Waals surface area (Å²) in [4.78, 5) is 5.61. The van der Waals surface area contributed by atoms with Gasteiger partial charge in [0.2, 0.25) is 0 Å². The molecule has 0 radical (unpaired) electrons. The monoisotopic (exact) mass is 285 g/mol. The Morgan fingerprint density at radius 3 is 2.81 bits per heavy atom. The van der Waals surface area contributed by atoms with Gasteiger partial charge < -0.3 is 0 Å². The zero-order valence-electron chi connectivity index (χ0n) is 9.42. The van der Waals surface area contributed by atoms with Gasteiger partial charge in [0.15, 0.2) is 0 Å². The van der Waals surface area contributed by atoms with Crippen molar-refractivity contribution in [3.63, 3.8) is 0 Å². The maximum absolute atomic E-state index is 5.66. The van der Waals surface area contributed by atoms with E-state index in [0.29, 0.717) is 32.3 Å². The number of hydrogen-bond acceptors (Lipinski definition) is 3. The summed E-state index contributed by atoms with van der Waals surface area (Å²) in [6, 6.07) is 10.5. The van der Waals surface area contributed by atoms with Gasteiger partial charge in [-0.05, 0) is 0 Å². The molecule has 0 aliphatic carbocycles. The molecule has 2 atom stereocenters. The Hall–Kier alpha value is -0.991. The fourth-order valence-electron chi connectivity index (χ4n) is 1.50. The van der Waals surface area contributed by atoms with Crippen molar-refractivity contribution in [2.24, 2.45) is 5.16 Å². The van der Waals surface area contributed by atoms with Gasteiger partial charge in [-0.25, -0.2) is 0 Å². The molecule has 2 unspecified atom stereocenters.